The molecule has 0 amide bonds. The number of halogens is 1. The summed E-state index contributed by atoms with van der Waals surface area (Å²) in [5.41, 5.74) is 0.612. The van der Waals surface area contributed by atoms with Gasteiger partial charge in [-0.3, -0.25) is 4.31 Å². The van der Waals surface area contributed by atoms with Crippen molar-refractivity contribution in [2.45, 2.75) is 11.4 Å². The van der Waals surface area contributed by atoms with Gasteiger partial charge in [-0.25, -0.2) is 13.6 Å². The lowest BCUT2D eigenvalue weighted by atomic mass is 10.2. The van der Waals surface area contributed by atoms with Crippen LogP contribution in [0.1, 0.15) is 11.1 Å². The quantitative estimate of drug-likeness (QED) is 0.583. The Hall–Kier alpha value is -2.96. The number of nitriles is 1. The topological polar surface area (TPSA) is 75.5 Å². The highest BCUT2D eigenvalue weighted by molar-refractivity contribution is 7.86. The van der Waals surface area contributed by atoms with Crippen LogP contribution in [0.2, 0.25) is 0 Å². The van der Waals surface area contributed by atoms with E-state index in [4.69, 9.17) is 14.7 Å². The summed E-state index contributed by atoms with van der Waals surface area (Å²) in [5.74, 6) is 0.565. The number of ether oxygens (including phenoxy) is 2. The van der Waals surface area contributed by atoms with Crippen LogP contribution in [0.4, 0.5) is 9.52 Å². The predicted octanol–water partition coefficient (Wildman–Crippen LogP) is 3.90. The molecular formula is C19H16FN3O3S2. The Kier molecular flexibility index (Phi) is 6.23. The van der Waals surface area contributed by atoms with Gasteiger partial charge in [-0.15, -0.1) is 11.3 Å². The van der Waals surface area contributed by atoms with Crippen molar-refractivity contribution in [3.05, 3.63) is 64.9 Å². The smallest absolute Gasteiger partial charge is 0.197 e. The molecule has 0 aliphatic carbocycles. The summed E-state index contributed by atoms with van der Waals surface area (Å²) >= 11 is 1.32. The van der Waals surface area contributed by atoms with Gasteiger partial charge in [0.15, 0.2) is 16.1 Å². The van der Waals surface area contributed by atoms with Crippen LogP contribution in [-0.2, 0) is 17.5 Å². The molecule has 0 spiro atoms. The number of thiazole rings is 1. The average Bonchev–Trinajstić information content (AvgIpc) is 3.26. The van der Waals surface area contributed by atoms with E-state index in [1.54, 1.807) is 48.3 Å². The van der Waals surface area contributed by atoms with E-state index < -0.39 is 16.8 Å². The molecule has 0 aliphatic rings. The van der Waals surface area contributed by atoms with Crippen LogP contribution in [0.5, 0.6) is 11.5 Å². The van der Waals surface area contributed by atoms with Crippen LogP contribution >= 0.6 is 11.3 Å². The van der Waals surface area contributed by atoms with Gasteiger partial charge in [0.25, 0.3) is 0 Å². The molecule has 0 aliphatic heterocycles. The fourth-order valence-corrected chi connectivity index (χ4v) is 4.48. The van der Waals surface area contributed by atoms with Gasteiger partial charge in [0.1, 0.15) is 23.4 Å². The maximum atomic E-state index is 13.7. The fourth-order valence-electron chi connectivity index (χ4n) is 2.50. The standard InChI is InChI=1S/C19H16FN3O3S2/c1-25-15-4-3-13(18(10-15)26-2)12-23(19-22-7-8-27-19)28(24)16-5-6-17(20)14(9-16)11-21/h3-10H,12H2,1-2H3. The van der Waals surface area contributed by atoms with Crippen molar-refractivity contribution in [2.24, 2.45) is 0 Å². The van der Waals surface area contributed by atoms with E-state index >= 15 is 0 Å². The Balaban J connectivity index is 2.00. The van der Waals surface area contributed by atoms with Gasteiger partial charge < -0.3 is 9.47 Å². The summed E-state index contributed by atoms with van der Waals surface area (Å²) in [6, 6.07) is 10.9. The van der Waals surface area contributed by atoms with Gasteiger partial charge in [-0.05, 0) is 30.3 Å². The maximum absolute atomic E-state index is 13.7. The third-order valence-electron chi connectivity index (χ3n) is 3.90. The Morgan fingerprint density at radius 3 is 2.71 bits per heavy atom. The van der Waals surface area contributed by atoms with Crippen LogP contribution in [0.3, 0.4) is 0 Å². The zero-order valence-electron chi connectivity index (χ0n) is 15.1. The first-order chi connectivity index (χ1) is 13.6. The lowest BCUT2D eigenvalue weighted by molar-refractivity contribution is 0.391. The van der Waals surface area contributed by atoms with E-state index in [2.05, 4.69) is 4.98 Å². The van der Waals surface area contributed by atoms with Crippen molar-refractivity contribution in [2.75, 3.05) is 18.5 Å². The van der Waals surface area contributed by atoms with Gasteiger partial charge in [0.2, 0.25) is 0 Å². The molecule has 1 atom stereocenters. The SMILES string of the molecule is COc1ccc(CN(c2nccs2)S(=O)c2ccc(F)c(C#N)c2)c(OC)c1. The van der Waals surface area contributed by atoms with Crippen LogP contribution in [0.25, 0.3) is 0 Å². The van der Waals surface area contributed by atoms with Gasteiger partial charge in [-0.1, -0.05) is 0 Å². The third kappa shape index (κ3) is 4.13. The first-order valence-electron chi connectivity index (χ1n) is 8.07. The second-order valence-electron chi connectivity index (χ2n) is 5.53. The number of benzene rings is 2. The Morgan fingerprint density at radius 1 is 1.25 bits per heavy atom. The van der Waals surface area contributed by atoms with Gasteiger partial charge in [0.05, 0.1) is 31.2 Å². The molecule has 0 saturated heterocycles. The Morgan fingerprint density at radius 2 is 2.07 bits per heavy atom. The zero-order valence-corrected chi connectivity index (χ0v) is 16.7. The number of hydrogen-bond donors (Lipinski definition) is 0. The minimum absolute atomic E-state index is 0.160. The lowest BCUT2D eigenvalue weighted by Gasteiger charge is -2.22. The number of rotatable bonds is 7. The molecule has 1 heterocycles. The third-order valence-corrected chi connectivity index (χ3v) is 6.17. The van der Waals surface area contributed by atoms with Gasteiger partial charge in [0, 0.05) is 23.2 Å². The normalized spacial score (nSPS) is 11.5. The molecule has 0 saturated carbocycles. The lowest BCUT2D eigenvalue weighted by Crippen LogP contribution is -2.25. The first kappa shape index (κ1) is 19.8. The molecule has 9 heteroatoms. The molecule has 144 valence electrons. The van der Waals surface area contributed by atoms with Gasteiger partial charge in [-0.2, -0.15) is 5.26 Å². The summed E-state index contributed by atoms with van der Waals surface area (Å²) in [6.07, 6.45) is 1.61. The summed E-state index contributed by atoms with van der Waals surface area (Å²) in [6.45, 7) is 0.229. The van der Waals surface area contributed by atoms with Crippen molar-refractivity contribution < 1.29 is 18.1 Å². The van der Waals surface area contributed by atoms with Gasteiger partial charge >= 0.3 is 0 Å². The number of aromatic nitrogens is 1. The predicted molar refractivity (Wildman–Crippen MR) is 105 cm³/mol. The second kappa shape index (κ2) is 8.82. The minimum Gasteiger partial charge on any atom is -0.497 e. The molecule has 3 aromatic rings. The summed E-state index contributed by atoms with van der Waals surface area (Å²) in [5, 5.41) is 11.4. The minimum atomic E-state index is -1.71. The summed E-state index contributed by atoms with van der Waals surface area (Å²) in [7, 11) is 1.39. The molecule has 6 nitrogen and oxygen atoms in total. The van der Waals surface area contributed by atoms with Crippen molar-refractivity contribution in [3.63, 3.8) is 0 Å². The van der Waals surface area contributed by atoms with Crippen molar-refractivity contribution in [3.8, 4) is 17.6 Å². The number of methoxy groups -OCH3 is 2. The highest BCUT2D eigenvalue weighted by atomic mass is 32.2. The van der Waals surface area contributed by atoms with Crippen LogP contribution in [0, 0.1) is 17.1 Å². The van der Waals surface area contributed by atoms with E-state index in [-0.39, 0.29) is 12.1 Å². The number of hydrogen-bond acceptors (Lipinski definition) is 6. The van der Waals surface area contributed by atoms with Crippen LogP contribution < -0.4 is 13.8 Å². The van der Waals surface area contributed by atoms with Crippen LogP contribution in [0.15, 0.2) is 52.9 Å². The Labute approximate surface area is 168 Å². The van der Waals surface area contributed by atoms with E-state index in [1.807, 2.05) is 6.07 Å². The highest BCUT2D eigenvalue weighted by Gasteiger charge is 2.22. The second-order valence-corrected chi connectivity index (χ2v) is 7.82. The van der Waals surface area contributed by atoms with Crippen molar-refractivity contribution in [1.82, 2.24) is 4.98 Å². The van der Waals surface area contributed by atoms with Crippen LogP contribution in [-0.4, -0.2) is 23.4 Å². The maximum Gasteiger partial charge on any atom is 0.197 e. The fraction of sp³-hybridized carbons (Fsp3) is 0.158. The number of nitrogens with zero attached hydrogens (tertiary/aromatic N) is 3. The molecule has 1 unspecified atom stereocenters. The van der Waals surface area contributed by atoms with Crippen molar-refractivity contribution >= 4 is 27.5 Å². The molecule has 3 rings (SSSR count). The molecule has 0 bridgehead atoms. The molecule has 28 heavy (non-hydrogen) atoms. The first-order valence-corrected chi connectivity index (χ1v) is 10.1. The molecule has 1 aromatic heterocycles. The molecule has 0 N–H and O–H groups in total. The number of anilines is 1. The largest absolute Gasteiger partial charge is 0.497 e. The molecule has 2 aromatic carbocycles. The average molecular weight is 417 g/mol. The monoisotopic (exact) mass is 417 g/mol. The summed E-state index contributed by atoms with van der Waals surface area (Å²) in [4.78, 5) is 4.56. The highest BCUT2D eigenvalue weighted by Crippen LogP contribution is 2.30. The molecule has 0 radical (unpaired) electrons. The molecular weight excluding hydrogens is 401 g/mol. The summed E-state index contributed by atoms with van der Waals surface area (Å²) < 4.78 is 39.1. The molecule has 0 fully saturated rings. The van der Waals surface area contributed by atoms with E-state index in [0.717, 1.165) is 11.6 Å². The zero-order chi connectivity index (χ0) is 20.1. The van der Waals surface area contributed by atoms with E-state index in [1.165, 1.54) is 23.5 Å². The van der Waals surface area contributed by atoms with E-state index in [0.29, 0.717) is 21.5 Å². The van der Waals surface area contributed by atoms with Crippen molar-refractivity contribution in [1.29, 1.82) is 5.26 Å². The Bertz CT molecular complexity index is 1040. The van der Waals surface area contributed by atoms with E-state index in [9.17, 15) is 8.60 Å².